The van der Waals surface area contributed by atoms with Gasteiger partial charge in [-0.2, -0.15) is 5.10 Å². The minimum Gasteiger partial charge on any atom is -0.319 e. The van der Waals surface area contributed by atoms with Gasteiger partial charge in [0, 0.05) is 18.0 Å². The van der Waals surface area contributed by atoms with Crippen LogP contribution >= 0.6 is 0 Å². The monoisotopic (exact) mass is 274 g/mol. The lowest BCUT2D eigenvalue weighted by molar-refractivity contribution is 0.178. The fourth-order valence-corrected chi connectivity index (χ4v) is 3.13. The van der Waals surface area contributed by atoms with E-state index in [2.05, 4.69) is 36.3 Å². The van der Waals surface area contributed by atoms with Crippen molar-refractivity contribution in [1.82, 2.24) is 15.1 Å². The molecular weight excluding hydrogens is 252 g/mol. The molecule has 20 heavy (non-hydrogen) atoms. The fourth-order valence-electron chi connectivity index (χ4n) is 3.13. The summed E-state index contributed by atoms with van der Waals surface area (Å²) in [6, 6.07) is 3.75. The van der Waals surface area contributed by atoms with E-state index in [9.17, 15) is 4.79 Å². The molecule has 1 aliphatic heterocycles. The molecule has 1 aromatic rings. The van der Waals surface area contributed by atoms with Gasteiger partial charge in [0.15, 0.2) is 5.82 Å². The predicted molar refractivity (Wildman–Crippen MR) is 77.6 cm³/mol. The molecule has 1 aliphatic carbocycles. The molecule has 2 aliphatic rings. The number of rotatable bonds is 2. The third kappa shape index (κ3) is 2.62. The molecule has 1 unspecified atom stereocenters. The van der Waals surface area contributed by atoms with Gasteiger partial charge in [0.2, 0.25) is 0 Å². The van der Waals surface area contributed by atoms with Crippen molar-refractivity contribution in [3.8, 4) is 0 Å². The number of urea groups is 1. The molecule has 1 atom stereocenters. The number of carbonyl (C=O) groups excluding carboxylic acids is 1. The summed E-state index contributed by atoms with van der Waals surface area (Å²) in [7, 11) is 0. The quantitative estimate of drug-likeness (QED) is 0.902. The van der Waals surface area contributed by atoms with Crippen LogP contribution in [-0.2, 0) is 0 Å². The van der Waals surface area contributed by atoms with E-state index in [0.717, 1.165) is 18.7 Å². The molecule has 0 aromatic carbocycles. The summed E-state index contributed by atoms with van der Waals surface area (Å²) in [6.45, 7) is 7.20. The largest absolute Gasteiger partial charge is 0.323 e. The third-order valence-electron chi connectivity index (χ3n) is 4.23. The average molecular weight is 274 g/mol. The van der Waals surface area contributed by atoms with Crippen LogP contribution in [0, 0.1) is 5.92 Å². The van der Waals surface area contributed by atoms with Crippen LogP contribution in [-0.4, -0.2) is 33.2 Å². The van der Waals surface area contributed by atoms with Crippen molar-refractivity contribution < 1.29 is 4.79 Å². The van der Waals surface area contributed by atoms with E-state index in [0.29, 0.717) is 17.7 Å². The van der Waals surface area contributed by atoms with E-state index in [4.69, 9.17) is 0 Å². The van der Waals surface area contributed by atoms with Crippen molar-refractivity contribution >= 4 is 11.8 Å². The van der Waals surface area contributed by atoms with Crippen molar-refractivity contribution in [2.75, 3.05) is 11.9 Å². The second-order valence-electron chi connectivity index (χ2n) is 6.78. The van der Waals surface area contributed by atoms with E-state index in [1.54, 1.807) is 0 Å². The van der Waals surface area contributed by atoms with Gasteiger partial charge in [0.1, 0.15) is 0 Å². The molecular formula is C15H22N4O. The Labute approximate surface area is 119 Å². The number of anilines is 1. The van der Waals surface area contributed by atoms with Gasteiger partial charge in [-0.25, -0.2) is 4.79 Å². The highest BCUT2D eigenvalue weighted by atomic mass is 16.2. The molecule has 1 saturated carbocycles. The van der Waals surface area contributed by atoms with Crippen LogP contribution in [0.5, 0.6) is 0 Å². The molecule has 3 rings (SSSR count). The Morgan fingerprint density at radius 1 is 1.35 bits per heavy atom. The Morgan fingerprint density at radius 2 is 2.10 bits per heavy atom. The summed E-state index contributed by atoms with van der Waals surface area (Å²) in [5.74, 6) is 1.67. The normalized spacial score (nSPS) is 24.8. The second kappa shape index (κ2) is 4.72. The summed E-state index contributed by atoms with van der Waals surface area (Å²) in [5, 5.41) is 11.2. The highest BCUT2D eigenvalue weighted by Crippen LogP contribution is 2.38. The number of amides is 2. The zero-order valence-electron chi connectivity index (χ0n) is 12.4. The van der Waals surface area contributed by atoms with Gasteiger partial charge < -0.3 is 4.90 Å². The molecule has 108 valence electrons. The van der Waals surface area contributed by atoms with Gasteiger partial charge in [-0.15, -0.1) is 5.10 Å². The van der Waals surface area contributed by atoms with Crippen molar-refractivity contribution in [2.24, 2.45) is 5.92 Å². The summed E-state index contributed by atoms with van der Waals surface area (Å²) in [5.41, 5.74) is 0.948. The van der Waals surface area contributed by atoms with Gasteiger partial charge in [-0.05, 0) is 51.2 Å². The van der Waals surface area contributed by atoms with Crippen LogP contribution in [0.15, 0.2) is 12.1 Å². The van der Waals surface area contributed by atoms with Crippen LogP contribution in [0.2, 0.25) is 0 Å². The molecule has 2 heterocycles. The summed E-state index contributed by atoms with van der Waals surface area (Å²) >= 11 is 0. The van der Waals surface area contributed by atoms with Crippen LogP contribution in [0.3, 0.4) is 0 Å². The zero-order valence-corrected chi connectivity index (χ0v) is 12.4. The summed E-state index contributed by atoms with van der Waals surface area (Å²) in [4.78, 5) is 14.3. The van der Waals surface area contributed by atoms with Gasteiger partial charge in [-0.1, -0.05) is 6.92 Å². The second-order valence-corrected chi connectivity index (χ2v) is 6.78. The molecule has 1 saturated heterocycles. The third-order valence-corrected chi connectivity index (χ3v) is 4.23. The number of nitrogens with zero attached hydrogens (tertiary/aromatic N) is 3. The molecule has 1 N–H and O–H groups in total. The minimum absolute atomic E-state index is 0.0761. The lowest BCUT2D eigenvalue weighted by Gasteiger charge is -2.31. The van der Waals surface area contributed by atoms with Crippen molar-refractivity contribution in [3.05, 3.63) is 17.8 Å². The topological polar surface area (TPSA) is 58.1 Å². The van der Waals surface area contributed by atoms with E-state index in [1.807, 2.05) is 17.0 Å². The summed E-state index contributed by atoms with van der Waals surface area (Å²) in [6.07, 6.45) is 3.45. The Hall–Kier alpha value is -1.65. The smallest absolute Gasteiger partial charge is 0.319 e. The van der Waals surface area contributed by atoms with E-state index >= 15 is 0 Å². The van der Waals surface area contributed by atoms with Gasteiger partial charge in [-0.3, -0.25) is 5.32 Å². The maximum absolute atomic E-state index is 12.4. The minimum atomic E-state index is -0.0924. The number of carbonyl (C=O) groups is 1. The molecule has 0 spiro atoms. The first-order valence-corrected chi connectivity index (χ1v) is 7.38. The first-order valence-electron chi connectivity index (χ1n) is 7.38. The highest BCUT2D eigenvalue weighted by Gasteiger charge is 2.39. The Bertz CT molecular complexity index is 507. The highest BCUT2D eigenvalue weighted by molar-refractivity contribution is 5.89. The molecule has 1 aromatic heterocycles. The molecule has 5 heteroatoms. The molecule has 2 fully saturated rings. The first kappa shape index (κ1) is 13.3. The van der Waals surface area contributed by atoms with Gasteiger partial charge >= 0.3 is 6.03 Å². The molecule has 2 amide bonds. The molecule has 0 radical (unpaired) electrons. The maximum atomic E-state index is 12.4. The Balaban J connectivity index is 1.66. The van der Waals surface area contributed by atoms with E-state index in [-0.39, 0.29) is 11.6 Å². The number of aromatic nitrogens is 2. The number of nitrogens with one attached hydrogen (secondary N) is 1. The number of hydrogen-bond donors (Lipinski definition) is 1. The zero-order chi connectivity index (χ0) is 14.3. The standard InChI is InChI=1S/C15H22N4O/c1-10-8-15(2,3)19(9-10)14(20)16-13-7-6-12(17-18-13)11-4-5-11/h6-7,10-11H,4-5,8-9H2,1-3H3,(H,16,18,20). The lowest BCUT2D eigenvalue weighted by Crippen LogP contribution is -2.45. The van der Waals surface area contributed by atoms with E-state index in [1.165, 1.54) is 12.8 Å². The number of hydrogen-bond acceptors (Lipinski definition) is 3. The van der Waals surface area contributed by atoms with Gasteiger partial charge in [0.05, 0.1) is 5.69 Å². The van der Waals surface area contributed by atoms with Crippen molar-refractivity contribution in [1.29, 1.82) is 0 Å². The van der Waals surface area contributed by atoms with Crippen molar-refractivity contribution in [3.63, 3.8) is 0 Å². The fraction of sp³-hybridized carbons (Fsp3) is 0.667. The lowest BCUT2D eigenvalue weighted by atomic mass is 9.98. The maximum Gasteiger partial charge on any atom is 0.323 e. The number of likely N-dealkylation sites (tertiary alicyclic amines) is 1. The Kier molecular flexibility index (Phi) is 3.15. The van der Waals surface area contributed by atoms with Crippen LogP contribution in [0.4, 0.5) is 10.6 Å². The first-order chi connectivity index (χ1) is 9.45. The van der Waals surface area contributed by atoms with Gasteiger partial charge in [0.25, 0.3) is 0 Å². The Morgan fingerprint density at radius 3 is 2.60 bits per heavy atom. The van der Waals surface area contributed by atoms with Crippen LogP contribution in [0.1, 0.15) is 51.6 Å². The predicted octanol–water partition coefficient (Wildman–Crippen LogP) is 3.01. The summed E-state index contributed by atoms with van der Waals surface area (Å²) < 4.78 is 0. The van der Waals surface area contributed by atoms with Crippen LogP contribution < -0.4 is 5.32 Å². The molecule has 0 bridgehead atoms. The van der Waals surface area contributed by atoms with Crippen molar-refractivity contribution in [2.45, 2.75) is 51.5 Å². The van der Waals surface area contributed by atoms with Crippen LogP contribution in [0.25, 0.3) is 0 Å². The van der Waals surface area contributed by atoms with E-state index < -0.39 is 0 Å². The SMILES string of the molecule is CC1CN(C(=O)Nc2ccc(C3CC3)nn2)C(C)(C)C1. The average Bonchev–Trinajstić information content (AvgIpc) is 3.16. The molecule has 5 nitrogen and oxygen atoms in total.